The largest absolute Gasteiger partial charge is 0.356 e. The summed E-state index contributed by atoms with van der Waals surface area (Å²) in [6.07, 6.45) is 0.823. The van der Waals surface area contributed by atoms with Crippen LogP contribution in [0.5, 0.6) is 0 Å². The molecule has 2 heterocycles. The summed E-state index contributed by atoms with van der Waals surface area (Å²) >= 11 is 1.33. The molecule has 0 aliphatic carbocycles. The molecule has 4 amide bonds. The van der Waals surface area contributed by atoms with Gasteiger partial charge >= 0.3 is 0 Å². The Balaban J connectivity index is 1.48. The molecule has 40 heavy (non-hydrogen) atoms. The van der Waals surface area contributed by atoms with Gasteiger partial charge in [-0.05, 0) is 48.3 Å². The minimum Gasteiger partial charge on any atom is -0.356 e. The van der Waals surface area contributed by atoms with Gasteiger partial charge in [-0.1, -0.05) is 62.4 Å². The van der Waals surface area contributed by atoms with E-state index in [1.165, 1.54) is 11.3 Å². The number of Topliss-reactive ketones (excluding diaryl/α,β-unsaturated/α-hetero) is 1. The van der Waals surface area contributed by atoms with Gasteiger partial charge in [-0.2, -0.15) is 0 Å². The highest BCUT2D eigenvalue weighted by Gasteiger charge is 2.35. The van der Waals surface area contributed by atoms with Gasteiger partial charge in [-0.25, -0.2) is 0 Å². The van der Waals surface area contributed by atoms with Crippen LogP contribution in [0.1, 0.15) is 48.3 Å². The predicted octanol–water partition coefficient (Wildman–Crippen LogP) is 2.94. The molecule has 2 aromatic carbocycles. The van der Waals surface area contributed by atoms with Gasteiger partial charge in [0.2, 0.25) is 17.6 Å². The first-order chi connectivity index (χ1) is 19.2. The number of carbonyl (C=O) groups is 5. The summed E-state index contributed by atoms with van der Waals surface area (Å²) in [6, 6.07) is 16.4. The molecule has 1 aromatic heterocycles. The van der Waals surface area contributed by atoms with Crippen LogP contribution in [0.3, 0.4) is 0 Å². The van der Waals surface area contributed by atoms with E-state index in [1.54, 1.807) is 6.07 Å². The van der Waals surface area contributed by atoms with Crippen molar-refractivity contribution >= 4 is 50.8 Å². The van der Waals surface area contributed by atoms with Gasteiger partial charge in [0, 0.05) is 23.7 Å². The van der Waals surface area contributed by atoms with Gasteiger partial charge in [0.05, 0.1) is 10.9 Å². The van der Waals surface area contributed by atoms with Crippen LogP contribution in [-0.2, 0) is 25.7 Å². The SMILES string of the molecule is CC(C)C[C@H](NC(=O)c1cc2ccccc2s1)C(=O)N[C@@H](C[C@@H]1CCNC1=O)C(=O)C(=O)NCc1ccccc1. The second-order valence-corrected chi connectivity index (χ2v) is 11.5. The zero-order chi connectivity index (χ0) is 28.6. The van der Waals surface area contributed by atoms with Crippen molar-refractivity contribution in [1.29, 1.82) is 0 Å². The lowest BCUT2D eigenvalue weighted by Gasteiger charge is -2.24. The number of benzene rings is 2. The summed E-state index contributed by atoms with van der Waals surface area (Å²) in [5, 5.41) is 11.8. The molecule has 0 bridgehead atoms. The molecule has 4 N–H and O–H groups in total. The number of amides is 4. The first kappa shape index (κ1) is 28.9. The zero-order valence-electron chi connectivity index (χ0n) is 22.6. The monoisotopic (exact) mass is 562 g/mol. The number of thiophene rings is 1. The molecule has 0 saturated carbocycles. The van der Waals surface area contributed by atoms with Crippen molar-refractivity contribution in [3.05, 3.63) is 71.1 Å². The number of ketones is 1. The lowest BCUT2D eigenvalue weighted by atomic mass is 9.94. The molecule has 10 heteroatoms. The van der Waals surface area contributed by atoms with E-state index in [4.69, 9.17) is 0 Å². The zero-order valence-corrected chi connectivity index (χ0v) is 23.4. The second kappa shape index (κ2) is 13.3. The van der Waals surface area contributed by atoms with E-state index < -0.39 is 35.6 Å². The minimum atomic E-state index is -1.21. The molecule has 3 atom stereocenters. The molecule has 3 aromatic rings. The lowest BCUT2D eigenvalue weighted by molar-refractivity contribution is -0.141. The molecular weight excluding hydrogens is 528 g/mol. The normalized spacial score (nSPS) is 16.3. The first-order valence-corrected chi connectivity index (χ1v) is 14.3. The van der Waals surface area contributed by atoms with Gasteiger partial charge in [0.1, 0.15) is 6.04 Å². The predicted molar refractivity (Wildman–Crippen MR) is 153 cm³/mol. The van der Waals surface area contributed by atoms with Crippen molar-refractivity contribution in [1.82, 2.24) is 21.3 Å². The molecule has 210 valence electrons. The third-order valence-corrected chi connectivity index (χ3v) is 7.93. The molecule has 9 nitrogen and oxygen atoms in total. The summed E-state index contributed by atoms with van der Waals surface area (Å²) in [5.74, 6) is -3.30. The molecule has 1 aliphatic rings. The molecule has 0 radical (unpaired) electrons. The van der Waals surface area contributed by atoms with Gasteiger partial charge in [0.15, 0.2) is 0 Å². The lowest BCUT2D eigenvalue weighted by Crippen LogP contribution is -2.54. The van der Waals surface area contributed by atoms with E-state index in [1.807, 2.05) is 68.4 Å². The Morgan fingerprint density at radius 3 is 2.38 bits per heavy atom. The Labute approximate surface area is 237 Å². The van der Waals surface area contributed by atoms with E-state index in [-0.39, 0.29) is 30.7 Å². The van der Waals surface area contributed by atoms with Crippen LogP contribution in [0, 0.1) is 11.8 Å². The second-order valence-electron chi connectivity index (χ2n) is 10.4. The Kier molecular flexibility index (Phi) is 9.65. The topological polar surface area (TPSA) is 133 Å². The van der Waals surface area contributed by atoms with Crippen molar-refractivity contribution in [2.24, 2.45) is 11.8 Å². The molecule has 1 saturated heterocycles. The van der Waals surface area contributed by atoms with Crippen molar-refractivity contribution in [3.8, 4) is 0 Å². The van der Waals surface area contributed by atoms with Crippen LogP contribution in [-0.4, -0.2) is 48.0 Å². The van der Waals surface area contributed by atoms with E-state index in [2.05, 4.69) is 21.3 Å². The molecule has 4 rings (SSSR count). The van der Waals surface area contributed by atoms with Gasteiger partial charge in [-0.3, -0.25) is 24.0 Å². The Morgan fingerprint density at radius 1 is 0.975 bits per heavy atom. The number of fused-ring (bicyclic) bond motifs is 1. The fraction of sp³-hybridized carbons (Fsp3) is 0.367. The van der Waals surface area contributed by atoms with Crippen molar-refractivity contribution in [3.63, 3.8) is 0 Å². The molecular formula is C30H34N4O5S. The molecule has 0 unspecified atom stereocenters. The molecule has 1 fully saturated rings. The number of hydrogen-bond acceptors (Lipinski definition) is 6. The average Bonchev–Trinajstić information content (AvgIpc) is 3.56. The minimum absolute atomic E-state index is 0.00613. The smallest absolute Gasteiger partial charge is 0.289 e. The van der Waals surface area contributed by atoms with E-state index in [9.17, 15) is 24.0 Å². The summed E-state index contributed by atoms with van der Waals surface area (Å²) in [5.41, 5.74) is 0.820. The van der Waals surface area contributed by atoms with Crippen molar-refractivity contribution in [2.75, 3.05) is 6.54 Å². The summed E-state index contributed by atoms with van der Waals surface area (Å²) in [7, 11) is 0. The highest BCUT2D eigenvalue weighted by Crippen LogP contribution is 2.25. The summed E-state index contributed by atoms with van der Waals surface area (Å²) < 4.78 is 0.958. The molecule has 0 spiro atoms. The third kappa shape index (κ3) is 7.53. The average molecular weight is 563 g/mol. The Morgan fingerprint density at radius 2 is 1.70 bits per heavy atom. The van der Waals surface area contributed by atoms with Crippen LogP contribution in [0.4, 0.5) is 0 Å². The maximum Gasteiger partial charge on any atom is 0.289 e. The van der Waals surface area contributed by atoms with Crippen LogP contribution in [0.25, 0.3) is 10.1 Å². The maximum absolute atomic E-state index is 13.5. The summed E-state index contributed by atoms with van der Waals surface area (Å²) in [4.78, 5) is 65.4. The van der Waals surface area contributed by atoms with Crippen LogP contribution < -0.4 is 21.3 Å². The van der Waals surface area contributed by atoms with Crippen LogP contribution in [0.2, 0.25) is 0 Å². The van der Waals surface area contributed by atoms with Crippen molar-refractivity contribution in [2.45, 2.75) is 51.7 Å². The fourth-order valence-electron chi connectivity index (χ4n) is 4.71. The van der Waals surface area contributed by atoms with E-state index in [0.29, 0.717) is 24.3 Å². The fourth-order valence-corrected chi connectivity index (χ4v) is 5.67. The van der Waals surface area contributed by atoms with Crippen LogP contribution >= 0.6 is 11.3 Å². The first-order valence-electron chi connectivity index (χ1n) is 13.4. The number of rotatable bonds is 12. The van der Waals surface area contributed by atoms with Crippen molar-refractivity contribution < 1.29 is 24.0 Å². The summed E-state index contributed by atoms with van der Waals surface area (Å²) in [6.45, 7) is 4.47. The third-order valence-electron chi connectivity index (χ3n) is 6.81. The molecule has 1 aliphatic heterocycles. The van der Waals surface area contributed by atoms with E-state index in [0.717, 1.165) is 15.6 Å². The van der Waals surface area contributed by atoms with E-state index >= 15 is 0 Å². The van der Waals surface area contributed by atoms with Crippen LogP contribution in [0.15, 0.2) is 60.7 Å². The van der Waals surface area contributed by atoms with Gasteiger partial charge in [0.25, 0.3) is 11.8 Å². The standard InChI is InChI=1S/C30H34N4O5S/c1-18(2)14-23(34-29(38)25-16-20-10-6-7-11-24(20)40-25)28(37)33-22(15-21-12-13-31-27(21)36)26(35)30(39)32-17-19-8-4-3-5-9-19/h3-11,16,18,21-23H,12-15,17H2,1-2H3,(H,31,36)(H,32,39)(H,33,37)(H,34,38)/t21-,22-,23-/m0/s1. The number of carbonyl (C=O) groups excluding carboxylic acids is 5. The maximum atomic E-state index is 13.5. The Bertz CT molecular complexity index is 1350. The Hall–Kier alpha value is -4.05. The highest BCUT2D eigenvalue weighted by molar-refractivity contribution is 7.20. The van der Waals surface area contributed by atoms with Gasteiger partial charge in [-0.15, -0.1) is 11.3 Å². The number of nitrogens with one attached hydrogen (secondary N) is 4. The van der Waals surface area contributed by atoms with Gasteiger partial charge < -0.3 is 21.3 Å². The highest BCUT2D eigenvalue weighted by atomic mass is 32.1. The quantitative estimate of drug-likeness (QED) is 0.252. The number of hydrogen-bond donors (Lipinski definition) is 4.